The van der Waals surface area contributed by atoms with E-state index in [-0.39, 0.29) is 16.7 Å². The van der Waals surface area contributed by atoms with Crippen LogP contribution in [0.2, 0.25) is 0 Å². The highest BCUT2D eigenvalue weighted by atomic mass is 16.3. The number of carbonyl (C=O) groups excluding carboxylic acids is 1. The van der Waals surface area contributed by atoms with E-state index in [9.17, 15) is 9.90 Å². The molecule has 0 unspecified atom stereocenters. The molecule has 186 valence electrons. The highest BCUT2D eigenvalue weighted by Gasteiger charge is 2.43. The van der Waals surface area contributed by atoms with Crippen molar-refractivity contribution in [3.8, 4) is 5.75 Å². The predicted octanol–water partition coefficient (Wildman–Crippen LogP) is 7.95. The van der Waals surface area contributed by atoms with E-state index in [0.717, 1.165) is 67.3 Å². The van der Waals surface area contributed by atoms with Crippen molar-refractivity contribution in [1.29, 1.82) is 0 Å². The van der Waals surface area contributed by atoms with Crippen LogP contribution in [0.5, 0.6) is 5.75 Å². The maximum Gasteiger partial charge on any atom is 0.235 e. The second kappa shape index (κ2) is 9.76. The summed E-state index contributed by atoms with van der Waals surface area (Å²) < 4.78 is 0. The third kappa shape index (κ3) is 5.04. The first kappa shape index (κ1) is 26.3. The summed E-state index contributed by atoms with van der Waals surface area (Å²) >= 11 is 0. The van der Waals surface area contributed by atoms with Crippen molar-refractivity contribution in [3.63, 3.8) is 0 Å². The van der Waals surface area contributed by atoms with Gasteiger partial charge in [0.2, 0.25) is 5.91 Å². The van der Waals surface area contributed by atoms with Crippen molar-refractivity contribution >= 4 is 11.6 Å². The quantitative estimate of drug-likeness (QED) is 0.472. The minimum absolute atomic E-state index is 0.105. The highest BCUT2D eigenvalue weighted by Crippen LogP contribution is 2.47. The molecule has 0 atom stereocenters. The molecular weight excluding hydrogens is 418 g/mol. The fourth-order valence-corrected chi connectivity index (χ4v) is 5.49. The number of aryl methyl sites for hydroxylation is 2. The van der Waals surface area contributed by atoms with Gasteiger partial charge in [0.05, 0.1) is 5.41 Å². The third-order valence-electron chi connectivity index (χ3n) is 7.66. The van der Waals surface area contributed by atoms with Crippen LogP contribution in [-0.2, 0) is 33.9 Å². The van der Waals surface area contributed by atoms with Gasteiger partial charge in [-0.3, -0.25) is 4.79 Å². The lowest BCUT2D eigenvalue weighted by Gasteiger charge is -2.39. The number of hydrogen-bond acceptors (Lipinski definition) is 2. The van der Waals surface area contributed by atoms with Crippen LogP contribution in [0.3, 0.4) is 0 Å². The Kier molecular flexibility index (Phi) is 7.55. The van der Waals surface area contributed by atoms with E-state index in [0.29, 0.717) is 5.75 Å². The number of carbonyl (C=O) groups is 1. The monoisotopic (exact) mass is 463 g/mol. The maximum absolute atomic E-state index is 14.3. The Bertz CT molecular complexity index is 973. The molecule has 0 radical (unpaired) electrons. The Labute approximate surface area is 207 Å². The van der Waals surface area contributed by atoms with Crippen LogP contribution in [0, 0.1) is 0 Å². The Hall–Kier alpha value is -2.29. The van der Waals surface area contributed by atoms with Crippen molar-refractivity contribution in [2.75, 3.05) is 5.32 Å². The van der Waals surface area contributed by atoms with Crippen molar-refractivity contribution < 1.29 is 9.90 Å². The van der Waals surface area contributed by atoms with Gasteiger partial charge in [-0.1, -0.05) is 105 Å². The van der Waals surface area contributed by atoms with E-state index in [2.05, 4.69) is 91.0 Å². The third-order valence-corrected chi connectivity index (χ3v) is 7.66. The molecular formula is C31H45NO2. The van der Waals surface area contributed by atoms with E-state index in [1.165, 1.54) is 11.1 Å². The number of para-hydroxylation sites is 1. The molecule has 0 aliphatic heterocycles. The summed E-state index contributed by atoms with van der Waals surface area (Å²) in [5, 5.41) is 14.7. The smallest absolute Gasteiger partial charge is 0.235 e. The molecule has 3 heteroatoms. The standard InChI is InChI=1S/C31H45NO2/c1-9-21-15-14-16-22(10-2)26(21)32-28(34)31(17-12-11-13-18-31)23-19-24(29(3,4)5)27(33)25(20-23)30(6,7)8/h14-16,19-20,33H,9-13,17-18H2,1-8H3,(H,32,34). The van der Waals surface area contributed by atoms with Crippen molar-refractivity contribution in [2.45, 2.75) is 117 Å². The van der Waals surface area contributed by atoms with E-state index in [1.54, 1.807) is 0 Å². The zero-order chi connectivity index (χ0) is 25.3. The highest BCUT2D eigenvalue weighted by molar-refractivity contribution is 6.00. The van der Waals surface area contributed by atoms with Crippen LogP contribution in [-0.4, -0.2) is 11.0 Å². The number of rotatable bonds is 5. The van der Waals surface area contributed by atoms with E-state index < -0.39 is 5.41 Å². The Morgan fingerprint density at radius 1 is 0.882 bits per heavy atom. The van der Waals surface area contributed by atoms with Crippen LogP contribution >= 0.6 is 0 Å². The molecule has 1 amide bonds. The second-order valence-corrected chi connectivity index (χ2v) is 12.2. The Morgan fingerprint density at radius 2 is 1.35 bits per heavy atom. The number of amides is 1. The first-order valence-electron chi connectivity index (χ1n) is 13.2. The summed E-state index contributed by atoms with van der Waals surface area (Å²) in [7, 11) is 0. The SMILES string of the molecule is CCc1cccc(CC)c1NC(=O)C1(c2cc(C(C)(C)C)c(O)c(C(C)(C)C)c2)CCCCC1. The fraction of sp³-hybridized carbons (Fsp3) is 0.581. The number of hydrogen-bond donors (Lipinski definition) is 2. The average Bonchev–Trinajstić information content (AvgIpc) is 2.78. The van der Waals surface area contributed by atoms with Gasteiger partial charge in [-0.15, -0.1) is 0 Å². The van der Waals surface area contributed by atoms with Crippen molar-refractivity contribution in [1.82, 2.24) is 0 Å². The summed E-state index contributed by atoms with van der Waals surface area (Å²) in [6, 6.07) is 10.6. The average molecular weight is 464 g/mol. The van der Waals surface area contributed by atoms with Crippen LogP contribution in [0.4, 0.5) is 5.69 Å². The lowest BCUT2D eigenvalue weighted by atomic mass is 9.66. The summed E-state index contributed by atoms with van der Waals surface area (Å²) in [4.78, 5) is 14.3. The molecule has 0 spiro atoms. The van der Waals surface area contributed by atoms with E-state index >= 15 is 0 Å². The number of benzene rings is 2. The normalized spacial score (nSPS) is 16.4. The molecule has 3 rings (SSSR count). The van der Waals surface area contributed by atoms with Gasteiger partial charge < -0.3 is 10.4 Å². The molecule has 0 aromatic heterocycles. The van der Waals surface area contributed by atoms with Gasteiger partial charge in [0.15, 0.2) is 0 Å². The first-order valence-corrected chi connectivity index (χ1v) is 13.2. The number of aromatic hydroxyl groups is 1. The second-order valence-electron chi connectivity index (χ2n) is 12.2. The van der Waals surface area contributed by atoms with E-state index in [4.69, 9.17) is 0 Å². The van der Waals surface area contributed by atoms with E-state index in [1.807, 2.05) is 0 Å². The van der Waals surface area contributed by atoms with Crippen molar-refractivity contribution in [3.05, 3.63) is 58.1 Å². The van der Waals surface area contributed by atoms with Gasteiger partial charge in [-0.25, -0.2) is 0 Å². The molecule has 34 heavy (non-hydrogen) atoms. The summed E-state index contributed by atoms with van der Waals surface area (Å²) in [6.45, 7) is 17.1. The van der Waals surface area contributed by atoms with Crippen molar-refractivity contribution in [2.24, 2.45) is 0 Å². The Balaban J connectivity index is 2.21. The van der Waals surface area contributed by atoms with Gasteiger partial charge in [0.25, 0.3) is 0 Å². The molecule has 0 saturated heterocycles. The molecule has 2 aromatic carbocycles. The molecule has 1 fully saturated rings. The minimum atomic E-state index is -0.586. The number of anilines is 1. The number of phenols is 1. The summed E-state index contributed by atoms with van der Waals surface area (Å²) in [5.74, 6) is 0.480. The van der Waals surface area contributed by atoms with Crippen LogP contribution in [0.1, 0.15) is 115 Å². The lowest BCUT2D eigenvalue weighted by Crippen LogP contribution is -2.43. The topological polar surface area (TPSA) is 49.3 Å². The Morgan fingerprint density at radius 3 is 1.76 bits per heavy atom. The molecule has 2 aromatic rings. The predicted molar refractivity (Wildman–Crippen MR) is 144 cm³/mol. The lowest BCUT2D eigenvalue weighted by molar-refractivity contribution is -0.122. The zero-order valence-electron chi connectivity index (χ0n) is 22.7. The molecule has 0 bridgehead atoms. The molecule has 2 N–H and O–H groups in total. The van der Waals surface area contributed by atoms with Gasteiger partial charge in [0, 0.05) is 5.69 Å². The van der Waals surface area contributed by atoms with Crippen LogP contribution in [0.25, 0.3) is 0 Å². The van der Waals surface area contributed by atoms with Gasteiger partial charge in [-0.05, 0) is 64.3 Å². The van der Waals surface area contributed by atoms with Gasteiger partial charge in [-0.2, -0.15) is 0 Å². The zero-order valence-corrected chi connectivity index (χ0v) is 22.7. The minimum Gasteiger partial charge on any atom is -0.507 e. The molecule has 1 aliphatic rings. The molecule has 1 aliphatic carbocycles. The molecule has 3 nitrogen and oxygen atoms in total. The van der Waals surface area contributed by atoms with Gasteiger partial charge in [0.1, 0.15) is 5.75 Å². The number of phenolic OH excluding ortho intramolecular Hbond substituents is 1. The molecule has 1 saturated carbocycles. The fourth-order valence-electron chi connectivity index (χ4n) is 5.49. The number of nitrogens with one attached hydrogen (secondary N) is 1. The first-order chi connectivity index (χ1) is 15.8. The molecule has 0 heterocycles. The largest absolute Gasteiger partial charge is 0.507 e. The van der Waals surface area contributed by atoms with Gasteiger partial charge >= 0.3 is 0 Å². The summed E-state index contributed by atoms with van der Waals surface area (Å²) in [5.41, 5.74) is 5.25. The maximum atomic E-state index is 14.3. The summed E-state index contributed by atoms with van der Waals surface area (Å²) in [6.07, 6.45) is 6.70. The van der Waals surface area contributed by atoms with Crippen LogP contribution < -0.4 is 5.32 Å². The van der Waals surface area contributed by atoms with Crippen LogP contribution in [0.15, 0.2) is 30.3 Å².